The Kier molecular flexibility index (Phi) is 7.07. The molecule has 1 N–H and O–H groups in total. The van der Waals surface area contributed by atoms with Gasteiger partial charge in [0.2, 0.25) is 0 Å². The number of carbonyl (C=O) groups is 1. The van der Waals surface area contributed by atoms with Gasteiger partial charge in [0.05, 0.1) is 0 Å². The Labute approximate surface area is 122 Å². The van der Waals surface area contributed by atoms with Crippen LogP contribution in [0.3, 0.4) is 0 Å². The molecule has 0 aromatic carbocycles. The predicted octanol–water partition coefficient (Wildman–Crippen LogP) is 0.339. The van der Waals surface area contributed by atoms with Crippen LogP contribution in [0.1, 0.15) is 20.3 Å². The molecular weight excluding hydrogens is 266 g/mol. The number of amides is 1. The second-order valence-electron chi connectivity index (χ2n) is 5.11. The summed E-state index contributed by atoms with van der Waals surface area (Å²) in [5.74, 6) is 0.148. The Bertz CT molecular complexity index is 285. The van der Waals surface area contributed by atoms with Gasteiger partial charge in [-0.15, -0.1) is 12.4 Å². The second-order valence-corrected chi connectivity index (χ2v) is 5.11. The van der Waals surface area contributed by atoms with Crippen LogP contribution in [0, 0.1) is 0 Å². The number of nitrogens with one attached hydrogen (secondary N) is 1. The third kappa shape index (κ3) is 4.31. The number of hydrogen-bond donors (Lipinski definition) is 1. The molecule has 112 valence electrons. The molecule has 6 heteroatoms. The van der Waals surface area contributed by atoms with E-state index in [-0.39, 0.29) is 24.4 Å². The Balaban J connectivity index is 0.00000180. The fourth-order valence-electron chi connectivity index (χ4n) is 2.87. The number of piperazine rings is 1. The van der Waals surface area contributed by atoms with Crippen LogP contribution in [0.25, 0.3) is 0 Å². The van der Waals surface area contributed by atoms with Crippen molar-refractivity contribution in [3.63, 3.8) is 0 Å². The van der Waals surface area contributed by atoms with E-state index in [1.54, 1.807) is 0 Å². The van der Waals surface area contributed by atoms with Crippen molar-refractivity contribution in [1.29, 1.82) is 0 Å². The van der Waals surface area contributed by atoms with Crippen molar-refractivity contribution < 1.29 is 9.53 Å². The lowest BCUT2D eigenvalue weighted by atomic mass is 10.2. The van der Waals surface area contributed by atoms with Crippen molar-refractivity contribution in [3.8, 4) is 0 Å². The Hall–Kier alpha value is -0.360. The van der Waals surface area contributed by atoms with Crippen LogP contribution >= 0.6 is 12.4 Å². The average Bonchev–Trinajstić information content (AvgIpc) is 2.89. The second kappa shape index (κ2) is 8.04. The van der Waals surface area contributed by atoms with Crippen molar-refractivity contribution in [2.24, 2.45) is 0 Å². The summed E-state index contributed by atoms with van der Waals surface area (Å²) in [6.07, 6.45) is 0.807. The SMILES string of the molecule is CCOC(C)C(=O)N1CCC(N2CCNCC2)C1.Cl. The first kappa shape index (κ1) is 16.7. The molecule has 19 heavy (non-hydrogen) atoms. The van der Waals surface area contributed by atoms with Crippen molar-refractivity contribution in [2.45, 2.75) is 32.4 Å². The highest BCUT2D eigenvalue weighted by molar-refractivity contribution is 5.85. The molecule has 0 radical (unpaired) electrons. The van der Waals surface area contributed by atoms with Crippen molar-refractivity contribution in [3.05, 3.63) is 0 Å². The molecular formula is C13H26ClN3O2. The summed E-state index contributed by atoms with van der Waals surface area (Å²) >= 11 is 0. The van der Waals surface area contributed by atoms with Crippen LogP contribution in [-0.4, -0.2) is 73.7 Å². The zero-order chi connectivity index (χ0) is 13.0. The quantitative estimate of drug-likeness (QED) is 0.811. The Morgan fingerprint density at radius 2 is 2.05 bits per heavy atom. The molecule has 2 saturated heterocycles. The summed E-state index contributed by atoms with van der Waals surface area (Å²) < 4.78 is 5.38. The van der Waals surface area contributed by atoms with Crippen LogP contribution < -0.4 is 5.32 Å². The highest BCUT2D eigenvalue weighted by atomic mass is 35.5. The lowest BCUT2D eigenvalue weighted by Gasteiger charge is -2.32. The van der Waals surface area contributed by atoms with E-state index in [2.05, 4.69) is 10.2 Å². The number of carbonyl (C=O) groups excluding carboxylic acids is 1. The van der Waals surface area contributed by atoms with Gasteiger partial charge in [-0.3, -0.25) is 9.69 Å². The van der Waals surface area contributed by atoms with E-state index in [1.807, 2.05) is 18.7 Å². The molecule has 2 unspecified atom stereocenters. The third-order valence-electron chi connectivity index (χ3n) is 3.91. The van der Waals surface area contributed by atoms with E-state index >= 15 is 0 Å². The van der Waals surface area contributed by atoms with Gasteiger partial charge in [0.1, 0.15) is 6.10 Å². The van der Waals surface area contributed by atoms with Crippen molar-refractivity contribution in [1.82, 2.24) is 15.1 Å². The molecule has 2 heterocycles. The minimum absolute atomic E-state index is 0. The maximum absolute atomic E-state index is 12.1. The summed E-state index contributed by atoms with van der Waals surface area (Å²) in [5, 5.41) is 3.36. The Morgan fingerprint density at radius 3 is 2.68 bits per heavy atom. The number of halogens is 1. The number of hydrogen-bond acceptors (Lipinski definition) is 4. The fraction of sp³-hybridized carbons (Fsp3) is 0.923. The largest absolute Gasteiger partial charge is 0.369 e. The summed E-state index contributed by atoms with van der Waals surface area (Å²) in [5.41, 5.74) is 0. The molecule has 0 spiro atoms. The van der Waals surface area contributed by atoms with Gasteiger partial charge >= 0.3 is 0 Å². The molecule has 0 aliphatic carbocycles. The first-order valence-electron chi connectivity index (χ1n) is 7.07. The fourth-order valence-corrected chi connectivity index (χ4v) is 2.87. The van der Waals surface area contributed by atoms with Gasteiger partial charge in [-0.2, -0.15) is 0 Å². The standard InChI is InChI=1S/C13H25N3O2.ClH/c1-3-18-11(2)13(17)16-7-4-12(10-16)15-8-5-14-6-9-15;/h11-12,14H,3-10H2,1-2H3;1H. The molecule has 2 fully saturated rings. The average molecular weight is 292 g/mol. The summed E-state index contributed by atoms with van der Waals surface area (Å²) in [4.78, 5) is 16.6. The van der Waals surface area contributed by atoms with Gasteiger partial charge in [-0.05, 0) is 20.3 Å². The molecule has 0 aromatic heterocycles. The molecule has 2 rings (SSSR count). The highest BCUT2D eigenvalue weighted by Gasteiger charge is 2.32. The minimum Gasteiger partial charge on any atom is -0.369 e. The van der Waals surface area contributed by atoms with Gasteiger partial charge in [-0.1, -0.05) is 0 Å². The maximum atomic E-state index is 12.1. The van der Waals surface area contributed by atoms with E-state index in [4.69, 9.17) is 4.74 Å². The number of nitrogens with zero attached hydrogens (tertiary/aromatic N) is 2. The topological polar surface area (TPSA) is 44.8 Å². The molecule has 2 atom stereocenters. The van der Waals surface area contributed by atoms with Crippen molar-refractivity contribution >= 4 is 18.3 Å². The van der Waals surface area contributed by atoms with Crippen LogP contribution in [0.15, 0.2) is 0 Å². The normalized spacial score (nSPS) is 26.0. The minimum atomic E-state index is -0.295. The van der Waals surface area contributed by atoms with Crippen LogP contribution in [0.2, 0.25) is 0 Å². The lowest BCUT2D eigenvalue weighted by molar-refractivity contribution is -0.141. The zero-order valence-electron chi connectivity index (χ0n) is 11.9. The van der Waals surface area contributed by atoms with Gasteiger partial charge in [0.15, 0.2) is 0 Å². The van der Waals surface area contributed by atoms with Gasteiger partial charge in [0, 0.05) is 51.9 Å². The Morgan fingerprint density at radius 1 is 1.37 bits per heavy atom. The number of ether oxygens (including phenoxy) is 1. The molecule has 0 bridgehead atoms. The van der Waals surface area contributed by atoms with E-state index in [0.29, 0.717) is 12.6 Å². The predicted molar refractivity (Wildman–Crippen MR) is 77.8 cm³/mol. The first-order chi connectivity index (χ1) is 8.72. The third-order valence-corrected chi connectivity index (χ3v) is 3.91. The van der Waals surface area contributed by atoms with E-state index in [9.17, 15) is 4.79 Å². The monoisotopic (exact) mass is 291 g/mol. The molecule has 2 aliphatic heterocycles. The van der Waals surface area contributed by atoms with Gasteiger partial charge < -0.3 is 15.0 Å². The van der Waals surface area contributed by atoms with E-state index < -0.39 is 0 Å². The number of likely N-dealkylation sites (tertiary alicyclic amines) is 1. The summed E-state index contributed by atoms with van der Waals surface area (Å²) in [6, 6.07) is 0.546. The molecule has 0 aromatic rings. The highest BCUT2D eigenvalue weighted by Crippen LogP contribution is 2.17. The molecule has 2 aliphatic rings. The molecule has 1 amide bonds. The van der Waals surface area contributed by atoms with Crippen molar-refractivity contribution in [2.75, 3.05) is 45.9 Å². The zero-order valence-corrected chi connectivity index (χ0v) is 12.7. The van der Waals surface area contributed by atoms with Crippen LogP contribution in [0.4, 0.5) is 0 Å². The van der Waals surface area contributed by atoms with Gasteiger partial charge in [0.25, 0.3) is 5.91 Å². The first-order valence-corrected chi connectivity index (χ1v) is 7.07. The number of rotatable bonds is 4. The van der Waals surface area contributed by atoms with Gasteiger partial charge in [-0.25, -0.2) is 0 Å². The van der Waals surface area contributed by atoms with Crippen LogP contribution in [-0.2, 0) is 9.53 Å². The maximum Gasteiger partial charge on any atom is 0.251 e. The molecule has 0 saturated carbocycles. The summed E-state index contributed by atoms with van der Waals surface area (Å²) in [7, 11) is 0. The lowest BCUT2D eigenvalue weighted by Crippen LogP contribution is -2.49. The smallest absolute Gasteiger partial charge is 0.251 e. The summed E-state index contributed by atoms with van der Waals surface area (Å²) in [6.45, 7) is 10.5. The molecule has 5 nitrogen and oxygen atoms in total. The van der Waals surface area contributed by atoms with E-state index in [1.165, 1.54) is 0 Å². The van der Waals surface area contributed by atoms with Crippen LogP contribution in [0.5, 0.6) is 0 Å². The van der Waals surface area contributed by atoms with E-state index in [0.717, 1.165) is 45.7 Å².